The van der Waals surface area contributed by atoms with Gasteiger partial charge in [0, 0.05) is 18.7 Å². The number of carbonyl (C=O) groups is 1. The SMILES string of the molecule is NC(=O)C1CCN(c2nn3cc(-c4ccc(F)cc4)nc3s2)C1. The number of nitrogens with two attached hydrogens (primary N) is 1. The van der Waals surface area contributed by atoms with E-state index in [1.807, 2.05) is 6.20 Å². The van der Waals surface area contributed by atoms with Crippen LogP contribution < -0.4 is 10.6 Å². The lowest BCUT2D eigenvalue weighted by Crippen LogP contribution is -2.27. The first kappa shape index (κ1) is 14.1. The number of benzene rings is 1. The summed E-state index contributed by atoms with van der Waals surface area (Å²) in [5, 5.41) is 5.36. The molecule has 0 spiro atoms. The maximum atomic E-state index is 13.0. The van der Waals surface area contributed by atoms with Gasteiger partial charge < -0.3 is 10.6 Å². The summed E-state index contributed by atoms with van der Waals surface area (Å²) in [6.45, 7) is 1.38. The van der Waals surface area contributed by atoms with Crippen molar-refractivity contribution >= 4 is 27.3 Å². The van der Waals surface area contributed by atoms with Crippen LogP contribution in [0.4, 0.5) is 9.52 Å². The number of primary amides is 1. The molecule has 1 aliphatic heterocycles. The minimum absolute atomic E-state index is 0.110. The van der Waals surface area contributed by atoms with E-state index in [9.17, 15) is 9.18 Å². The maximum Gasteiger partial charge on any atom is 0.222 e. The molecule has 8 heteroatoms. The Labute approximate surface area is 135 Å². The Bertz CT molecular complexity index is 840. The molecule has 1 atom stereocenters. The zero-order valence-corrected chi connectivity index (χ0v) is 13.0. The molecule has 1 aromatic carbocycles. The van der Waals surface area contributed by atoms with E-state index in [0.717, 1.165) is 34.3 Å². The number of aromatic nitrogens is 3. The third-order valence-corrected chi connectivity index (χ3v) is 5.02. The first-order valence-electron chi connectivity index (χ1n) is 7.26. The second-order valence-electron chi connectivity index (χ2n) is 5.58. The number of hydrogen-bond donors (Lipinski definition) is 1. The summed E-state index contributed by atoms with van der Waals surface area (Å²) in [5.74, 6) is -0.637. The predicted molar refractivity (Wildman–Crippen MR) is 85.8 cm³/mol. The normalized spacial score (nSPS) is 18.0. The van der Waals surface area contributed by atoms with E-state index in [2.05, 4.69) is 15.0 Å². The molecule has 0 bridgehead atoms. The molecule has 1 aliphatic rings. The number of halogens is 1. The molecule has 3 heterocycles. The van der Waals surface area contributed by atoms with Crippen molar-refractivity contribution in [3.8, 4) is 11.3 Å². The molecule has 1 unspecified atom stereocenters. The van der Waals surface area contributed by atoms with Crippen LogP contribution in [0.1, 0.15) is 6.42 Å². The van der Waals surface area contributed by atoms with Crippen LogP contribution in [0.5, 0.6) is 0 Å². The number of rotatable bonds is 3. The van der Waals surface area contributed by atoms with Crippen LogP contribution in [0.15, 0.2) is 30.5 Å². The monoisotopic (exact) mass is 331 g/mol. The van der Waals surface area contributed by atoms with Crippen molar-refractivity contribution in [2.75, 3.05) is 18.0 Å². The quantitative estimate of drug-likeness (QED) is 0.795. The van der Waals surface area contributed by atoms with E-state index in [-0.39, 0.29) is 17.6 Å². The molecule has 0 radical (unpaired) electrons. The summed E-state index contributed by atoms with van der Waals surface area (Å²) in [4.78, 5) is 18.6. The van der Waals surface area contributed by atoms with Gasteiger partial charge >= 0.3 is 0 Å². The lowest BCUT2D eigenvalue weighted by atomic mass is 10.1. The summed E-state index contributed by atoms with van der Waals surface area (Å²) in [7, 11) is 0. The van der Waals surface area contributed by atoms with E-state index in [1.165, 1.54) is 23.5 Å². The second kappa shape index (κ2) is 5.31. The predicted octanol–water partition coefficient (Wildman–Crippen LogP) is 1.91. The molecule has 2 aromatic heterocycles. The van der Waals surface area contributed by atoms with Gasteiger partial charge in [-0.25, -0.2) is 13.9 Å². The highest BCUT2D eigenvalue weighted by Gasteiger charge is 2.28. The number of fused-ring (bicyclic) bond motifs is 1. The van der Waals surface area contributed by atoms with Crippen LogP contribution in [-0.4, -0.2) is 33.6 Å². The highest BCUT2D eigenvalue weighted by atomic mass is 32.1. The Balaban J connectivity index is 1.60. The van der Waals surface area contributed by atoms with Gasteiger partial charge in [0.25, 0.3) is 0 Å². The zero-order chi connectivity index (χ0) is 16.0. The van der Waals surface area contributed by atoms with Gasteiger partial charge in [-0.15, -0.1) is 5.10 Å². The van der Waals surface area contributed by atoms with Crippen molar-refractivity contribution in [3.05, 3.63) is 36.3 Å². The van der Waals surface area contributed by atoms with Crippen molar-refractivity contribution < 1.29 is 9.18 Å². The fourth-order valence-corrected chi connectivity index (χ4v) is 3.66. The van der Waals surface area contributed by atoms with Gasteiger partial charge in [-0.05, 0) is 30.7 Å². The number of carbonyl (C=O) groups excluding carboxylic acids is 1. The number of nitrogens with zero attached hydrogens (tertiary/aromatic N) is 4. The molecule has 118 valence electrons. The van der Waals surface area contributed by atoms with Crippen molar-refractivity contribution in [1.82, 2.24) is 14.6 Å². The third kappa shape index (κ3) is 2.55. The summed E-state index contributed by atoms with van der Waals surface area (Å²) in [5.41, 5.74) is 6.97. The average Bonchev–Trinajstić information content (AvgIpc) is 3.21. The summed E-state index contributed by atoms with van der Waals surface area (Å²) < 4.78 is 14.7. The number of hydrogen-bond acceptors (Lipinski definition) is 5. The van der Waals surface area contributed by atoms with Gasteiger partial charge in [-0.1, -0.05) is 11.3 Å². The van der Waals surface area contributed by atoms with Gasteiger partial charge in [0.1, 0.15) is 5.82 Å². The van der Waals surface area contributed by atoms with Crippen LogP contribution in [0, 0.1) is 11.7 Å². The van der Waals surface area contributed by atoms with Crippen LogP contribution in [0.25, 0.3) is 16.2 Å². The van der Waals surface area contributed by atoms with E-state index >= 15 is 0 Å². The van der Waals surface area contributed by atoms with Gasteiger partial charge in [0.2, 0.25) is 16.0 Å². The number of imidazole rings is 1. The lowest BCUT2D eigenvalue weighted by Gasteiger charge is -2.12. The molecule has 1 fully saturated rings. The van der Waals surface area contributed by atoms with Crippen LogP contribution >= 0.6 is 11.3 Å². The zero-order valence-electron chi connectivity index (χ0n) is 12.1. The highest BCUT2D eigenvalue weighted by molar-refractivity contribution is 7.20. The molecule has 23 heavy (non-hydrogen) atoms. The van der Waals surface area contributed by atoms with Crippen molar-refractivity contribution in [2.24, 2.45) is 11.7 Å². The molecular formula is C15H14FN5OS. The first-order chi connectivity index (χ1) is 11.1. The molecule has 1 saturated heterocycles. The largest absolute Gasteiger partial charge is 0.369 e. The lowest BCUT2D eigenvalue weighted by molar-refractivity contribution is -0.121. The Kier molecular flexibility index (Phi) is 3.26. The number of anilines is 1. The summed E-state index contributed by atoms with van der Waals surface area (Å²) in [6, 6.07) is 6.22. The van der Waals surface area contributed by atoms with Gasteiger partial charge in [-0.2, -0.15) is 0 Å². The molecular weight excluding hydrogens is 317 g/mol. The van der Waals surface area contributed by atoms with Crippen molar-refractivity contribution in [3.63, 3.8) is 0 Å². The fraction of sp³-hybridized carbons (Fsp3) is 0.267. The van der Waals surface area contributed by atoms with Gasteiger partial charge in [0.05, 0.1) is 17.8 Å². The standard InChI is InChI=1S/C15H14FN5OS/c16-11-3-1-9(2-4-11)12-8-21-14(18-12)23-15(19-21)20-6-5-10(7-20)13(17)22/h1-4,8,10H,5-7H2,(H2,17,22). The van der Waals surface area contributed by atoms with Crippen LogP contribution in [0.3, 0.4) is 0 Å². The van der Waals surface area contributed by atoms with Crippen molar-refractivity contribution in [1.29, 1.82) is 0 Å². The Morgan fingerprint density at radius 1 is 1.35 bits per heavy atom. The molecule has 0 aliphatic carbocycles. The Morgan fingerprint density at radius 3 is 2.78 bits per heavy atom. The van der Waals surface area contributed by atoms with E-state index < -0.39 is 0 Å². The van der Waals surface area contributed by atoms with E-state index in [4.69, 9.17) is 5.73 Å². The molecule has 0 saturated carbocycles. The highest BCUT2D eigenvalue weighted by Crippen LogP contribution is 2.30. The average molecular weight is 331 g/mol. The number of amides is 1. The molecule has 2 N–H and O–H groups in total. The summed E-state index contributed by atoms with van der Waals surface area (Å²) in [6.07, 6.45) is 2.59. The minimum atomic E-state index is -0.270. The van der Waals surface area contributed by atoms with Gasteiger partial charge in [-0.3, -0.25) is 4.79 Å². The van der Waals surface area contributed by atoms with Crippen LogP contribution in [-0.2, 0) is 4.79 Å². The molecule has 1 amide bonds. The van der Waals surface area contributed by atoms with Crippen LogP contribution in [0.2, 0.25) is 0 Å². The Morgan fingerprint density at radius 2 is 2.13 bits per heavy atom. The second-order valence-corrected chi connectivity index (χ2v) is 6.51. The van der Waals surface area contributed by atoms with Crippen molar-refractivity contribution in [2.45, 2.75) is 6.42 Å². The third-order valence-electron chi connectivity index (χ3n) is 4.03. The summed E-state index contributed by atoms with van der Waals surface area (Å²) >= 11 is 1.47. The molecule has 3 aromatic rings. The molecule has 6 nitrogen and oxygen atoms in total. The molecule has 4 rings (SSSR count). The Hall–Kier alpha value is -2.48. The maximum absolute atomic E-state index is 13.0. The fourth-order valence-electron chi connectivity index (χ4n) is 2.74. The first-order valence-corrected chi connectivity index (χ1v) is 8.08. The topological polar surface area (TPSA) is 76.5 Å². The minimum Gasteiger partial charge on any atom is -0.369 e. The van der Waals surface area contributed by atoms with Gasteiger partial charge in [0.15, 0.2) is 0 Å². The van der Waals surface area contributed by atoms with E-state index in [0.29, 0.717) is 6.54 Å². The smallest absolute Gasteiger partial charge is 0.222 e. The van der Waals surface area contributed by atoms with E-state index in [1.54, 1.807) is 16.6 Å².